The number of aromatic nitrogens is 6. The number of halogens is 7. The van der Waals surface area contributed by atoms with E-state index in [4.69, 9.17) is 4.74 Å². The lowest BCUT2D eigenvalue weighted by Crippen LogP contribution is -2.59. The van der Waals surface area contributed by atoms with Gasteiger partial charge in [0, 0.05) is 37.2 Å². The van der Waals surface area contributed by atoms with Crippen LogP contribution in [0.4, 0.5) is 30.7 Å². The van der Waals surface area contributed by atoms with Gasteiger partial charge in [0.05, 0.1) is 17.9 Å². The fourth-order valence-corrected chi connectivity index (χ4v) is 4.10. The summed E-state index contributed by atoms with van der Waals surface area (Å²) in [5.41, 5.74) is -4.56. The summed E-state index contributed by atoms with van der Waals surface area (Å²) in [6.07, 6.45) is -10.6. The normalized spacial score (nSPS) is 18.6. The molecule has 204 valence electrons. The Morgan fingerprint density at radius 2 is 1.92 bits per heavy atom. The van der Waals surface area contributed by atoms with E-state index in [9.17, 15) is 31.1 Å². The van der Waals surface area contributed by atoms with Crippen LogP contribution in [0.1, 0.15) is 43.3 Å². The second-order valence-electron chi connectivity index (χ2n) is 8.40. The molecule has 0 saturated heterocycles. The number of nitrogens with one attached hydrogen (secondary N) is 2. The van der Waals surface area contributed by atoms with Crippen molar-refractivity contribution in [3.8, 4) is 5.75 Å². The summed E-state index contributed by atoms with van der Waals surface area (Å²) < 4.78 is 103. The van der Waals surface area contributed by atoms with E-state index in [1.807, 2.05) is 5.32 Å². The third kappa shape index (κ3) is 5.33. The average Bonchev–Trinajstić information content (AvgIpc) is 3.52. The van der Waals surface area contributed by atoms with Crippen LogP contribution < -0.4 is 10.1 Å². The van der Waals surface area contributed by atoms with E-state index in [1.54, 1.807) is 6.92 Å². The number of aromatic amines is 1. The summed E-state index contributed by atoms with van der Waals surface area (Å²) in [6.45, 7) is 1.71. The first kappa shape index (κ1) is 27.1. The van der Waals surface area contributed by atoms with E-state index >= 15 is 4.39 Å². The lowest BCUT2D eigenvalue weighted by atomic mass is 9.77. The highest BCUT2D eigenvalue weighted by atomic mass is 19.4. The molecule has 0 radical (unpaired) electrons. The quantitative estimate of drug-likeness (QED) is 0.324. The molecule has 0 aliphatic carbocycles. The maximum atomic E-state index is 15.2. The number of H-pyrrole nitrogens is 1. The Hall–Kier alpha value is -3.98. The van der Waals surface area contributed by atoms with Crippen molar-refractivity contribution in [2.45, 2.75) is 50.6 Å². The van der Waals surface area contributed by atoms with Crippen LogP contribution in [-0.4, -0.2) is 55.3 Å². The van der Waals surface area contributed by atoms with Crippen LogP contribution in [0.5, 0.6) is 5.75 Å². The third-order valence-corrected chi connectivity index (χ3v) is 5.91. The lowest BCUT2D eigenvalue weighted by Gasteiger charge is -2.41. The number of alkyl halides is 6. The second-order valence-corrected chi connectivity index (χ2v) is 8.40. The molecule has 2 N–H and O–H groups in total. The highest BCUT2D eigenvalue weighted by Gasteiger charge is 2.61. The molecule has 3 heterocycles. The fourth-order valence-electron chi connectivity index (χ4n) is 4.10. The minimum absolute atomic E-state index is 0.0340. The van der Waals surface area contributed by atoms with Crippen LogP contribution in [0, 0.1) is 5.82 Å². The van der Waals surface area contributed by atoms with Crippen LogP contribution >= 0.6 is 0 Å². The standard InChI is InChI=1S/C22H20F7N7O2/c1-2-36-8-6-16(33-36)13-11-20(22(27,28)29,30-19(37)17(13)18-31-34-35-32-18)14-5-4-12(10-15(14)23)38-9-3-7-21(24,25)26/h4-6,8,10H,2-3,7,9,11H2,1H3,(H,30,37)(H,31,32,34,35)/t20-/m0/s1. The zero-order chi connectivity index (χ0) is 27.7. The predicted octanol–water partition coefficient (Wildman–Crippen LogP) is 4.17. The smallest absolute Gasteiger partial charge is 0.416 e. The fraction of sp³-hybridized carbons (Fsp3) is 0.409. The average molecular weight is 547 g/mol. The van der Waals surface area contributed by atoms with Gasteiger partial charge in [0.15, 0.2) is 11.4 Å². The minimum Gasteiger partial charge on any atom is -0.493 e. The molecule has 0 spiro atoms. The molecule has 1 aliphatic rings. The van der Waals surface area contributed by atoms with E-state index in [1.165, 1.54) is 16.9 Å². The van der Waals surface area contributed by atoms with Gasteiger partial charge in [-0.25, -0.2) is 9.49 Å². The Morgan fingerprint density at radius 1 is 1.16 bits per heavy atom. The third-order valence-electron chi connectivity index (χ3n) is 5.91. The van der Waals surface area contributed by atoms with E-state index in [-0.39, 0.29) is 28.4 Å². The van der Waals surface area contributed by atoms with E-state index in [0.29, 0.717) is 12.6 Å². The number of amides is 1. The van der Waals surface area contributed by atoms with Gasteiger partial charge in [-0.1, -0.05) is 0 Å². The molecule has 4 rings (SSSR count). The zero-order valence-electron chi connectivity index (χ0n) is 19.6. The highest BCUT2D eigenvalue weighted by molar-refractivity contribution is 6.27. The van der Waals surface area contributed by atoms with Gasteiger partial charge in [0.2, 0.25) is 0 Å². The topological polar surface area (TPSA) is 111 Å². The summed E-state index contributed by atoms with van der Waals surface area (Å²) in [4.78, 5) is 13.2. The van der Waals surface area contributed by atoms with Gasteiger partial charge in [-0.05, 0) is 47.5 Å². The number of hydrogen-bond acceptors (Lipinski definition) is 6. The molecule has 1 atom stereocenters. The van der Waals surface area contributed by atoms with Gasteiger partial charge >= 0.3 is 12.4 Å². The Balaban J connectivity index is 1.75. The molecule has 38 heavy (non-hydrogen) atoms. The molecule has 0 bridgehead atoms. The van der Waals surface area contributed by atoms with Crippen LogP contribution in [0.2, 0.25) is 0 Å². The van der Waals surface area contributed by atoms with Gasteiger partial charge in [0.1, 0.15) is 11.6 Å². The Kier molecular flexibility index (Phi) is 7.16. The van der Waals surface area contributed by atoms with Crippen molar-refractivity contribution >= 4 is 17.1 Å². The Bertz CT molecular complexity index is 1330. The summed E-state index contributed by atoms with van der Waals surface area (Å²) >= 11 is 0. The largest absolute Gasteiger partial charge is 0.493 e. The van der Waals surface area contributed by atoms with E-state index in [2.05, 4.69) is 25.7 Å². The SMILES string of the molecule is CCn1ccc(C2=C(c3nnn[nH]3)C(=O)N[C@@](c3ccc(OCCCC(F)(F)F)cc3F)(C(F)(F)F)C2)n1. The highest BCUT2D eigenvalue weighted by Crippen LogP contribution is 2.50. The van der Waals surface area contributed by atoms with E-state index in [0.717, 1.165) is 12.1 Å². The zero-order valence-corrected chi connectivity index (χ0v) is 19.6. The van der Waals surface area contributed by atoms with Gasteiger partial charge in [0.25, 0.3) is 5.91 Å². The number of tetrazole rings is 1. The van der Waals surface area contributed by atoms with Gasteiger partial charge in [-0.3, -0.25) is 9.48 Å². The molecule has 0 saturated carbocycles. The molecule has 0 fully saturated rings. The molecule has 0 unspecified atom stereocenters. The molecule has 2 aromatic heterocycles. The molecule has 1 aromatic carbocycles. The van der Waals surface area contributed by atoms with Crippen LogP contribution in [0.15, 0.2) is 30.5 Å². The first-order valence-corrected chi connectivity index (χ1v) is 11.2. The summed E-state index contributed by atoms with van der Waals surface area (Å²) in [6, 6.07) is 3.83. The molecular weight excluding hydrogens is 527 g/mol. The van der Waals surface area contributed by atoms with Crippen molar-refractivity contribution in [1.82, 2.24) is 35.7 Å². The lowest BCUT2D eigenvalue weighted by molar-refractivity contribution is -0.202. The number of carbonyl (C=O) groups excluding carboxylic acids is 1. The maximum Gasteiger partial charge on any atom is 0.416 e. The van der Waals surface area contributed by atoms with Crippen molar-refractivity contribution in [1.29, 1.82) is 0 Å². The van der Waals surface area contributed by atoms with Crippen LogP contribution in [0.25, 0.3) is 11.1 Å². The van der Waals surface area contributed by atoms with Crippen molar-refractivity contribution in [2.75, 3.05) is 6.61 Å². The van der Waals surface area contributed by atoms with Gasteiger partial charge in [-0.2, -0.15) is 31.4 Å². The molecule has 1 amide bonds. The first-order chi connectivity index (χ1) is 17.8. The summed E-state index contributed by atoms with van der Waals surface area (Å²) in [5, 5.41) is 18.9. The predicted molar refractivity (Wildman–Crippen MR) is 117 cm³/mol. The van der Waals surface area contributed by atoms with Crippen molar-refractivity contribution in [3.63, 3.8) is 0 Å². The molecule has 3 aromatic rings. The maximum absolute atomic E-state index is 15.2. The van der Waals surface area contributed by atoms with Crippen LogP contribution in [-0.2, 0) is 16.9 Å². The van der Waals surface area contributed by atoms with Crippen molar-refractivity contribution in [3.05, 3.63) is 53.4 Å². The number of benzene rings is 1. The van der Waals surface area contributed by atoms with Crippen LogP contribution in [0.3, 0.4) is 0 Å². The Labute approximate surface area is 210 Å². The number of hydrogen-bond donors (Lipinski definition) is 2. The van der Waals surface area contributed by atoms with Crippen molar-refractivity contribution in [2.24, 2.45) is 0 Å². The number of aryl methyl sites for hydroxylation is 1. The number of nitrogens with zero attached hydrogens (tertiary/aromatic N) is 5. The van der Waals surface area contributed by atoms with E-state index < -0.39 is 61.0 Å². The molecular formula is C22H20F7N7O2. The molecule has 9 nitrogen and oxygen atoms in total. The van der Waals surface area contributed by atoms with Gasteiger partial charge < -0.3 is 10.1 Å². The number of carbonyl (C=O) groups is 1. The molecule has 16 heteroatoms. The first-order valence-electron chi connectivity index (χ1n) is 11.2. The minimum atomic E-state index is -5.19. The summed E-state index contributed by atoms with van der Waals surface area (Å²) in [7, 11) is 0. The molecule has 1 aliphatic heterocycles. The second kappa shape index (κ2) is 10.1. The summed E-state index contributed by atoms with van der Waals surface area (Å²) in [5.74, 6) is -3.07. The number of rotatable bonds is 8. The van der Waals surface area contributed by atoms with Crippen molar-refractivity contribution < 1.29 is 40.3 Å². The van der Waals surface area contributed by atoms with Gasteiger partial charge in [-0.15, -0.1) is 5.10 Å². The monoisotopic (exact) mass is 547 g/mol. The Morgan fingerprint density at radius 3 is 2.50 bits per heavy atom. The number of ether oxygens (including phenoxy) is 1.